The molecule has 2 heterocycles. The Morgan fingerprint density at radius 2 is 1.78 bits per heavy atom. The number of aliphatic carboxylic acids is 1. The zero-order valence-electron chi connectivity index (χ0n) is 19.9. The minimum Gasteiger partial charge on any atom is -0.475 e. The lowest BCUT2D eigenvalue weighted by atomic mass is 9.96. The van der Waals surface area contributed by atoms with E-state index in [1.54, 1.807) is 0 Å². The Morgan fingerprint density at radius 3 is 2.36 bits per heavy atom. The second-order valence-corrected chi connectivity index (χ2v) is 9.41. The van der Waals surface area contributed by atoms with E-state index in [0.717, 1.165) is 61.8 Å². The third kappa shape index (κ3) is 7.60. The molecule has 2 atom stereocenters. The highest BCUT2D eigenvalue weighted by molar-refractivity contribution is 6.30. The number of benzene rings is 2. The molecule has 0 radical (unpaired) electrons. The van der Waals surface area contributed by atoms with E-state index >= 15 is 0 Å². The van der Waals surface area contributed by atoms with Gasteiger partial charge in [0.2, 0.25) is 0 Å². The number of morpholine rings is 1. The molecule has 1 N–H and O–H groups in total. The number of carboxylic acid groups (broad SMARTS) is 1. The van der Waals surface area contributed by atoms with Gasteiger partial charge < -0.3 is 14.7 Å². The number of carboxylic acids is 1. The summed E-state index contributed by atoms with van der Waals surface area (Å²) in [5, 5.41) is 17.3. The van der Waals surface area contributed by atoms with E-state index in [1.807, 2.05) is 30.3 Å². The van der Waals surface area contributed by atoms with Crippen molar-refractivity contribution in [3.63, 3.8) is 0 Å². The molecule has 10 heteroatoms. The SMILES string of the molecule is C[C@H]1CN(C2CCN(c3ccccc3C#N)CC2)[C@@H](Cc2ccc(Cl)cc2)CO1.O=C(O)C(F)(F)F. The Balaban J connectivity index is 0.000000454. The van der Waals surface area contributed by atoms with Gasteiger partial charge in [-0.15, -0.1) is 0 Å². The minimum atomic E-state index is -5.08. The number of anilines is 1. The fourth-order valence-electron chi connectivity index (χ4n) is 4.67. The van der Waals surface area contributed by atoms with Crippen LogP contribution in [0, 0.1) is 11.3 Å². The third-order valence-electron chi connectivity index (χ3n) is 6.44. The molecule has 4 rings (SSSR count). The van der Waals surface area contributed by atoms with Crippen molar-refractivity contribution >= 4 is 23.3 Å². The maximum Gasteiger partial charge on any atom is 0.490 e. The van der Waals surface area contributed by atoms with Crippen LogP contribution in [-0.4, -0.2) is 66.6 Å². The minimum absolute atomic E-state index is 0.272. The first kappa shape index (κ1) is 27.8. The topological polar surface area (TPSA) is 76.8 Å². The molecule has 0 unspecified atom stereocenters. The van der Waals surface area contributed by atoms with Crippen molar-refractivity contribution in [2.45, 2.75) is 50.6 Å². The van der Waals surface area contributed by atoms with Crippen LogP contribution in [0.5, 0.6) is 0 Å². The summed E-state index contributed by atoms with van der Waals surface area (Å²) in [5.74, 6) is -2.76. The van der Waals surface area contributed by atoms with Crippen molar-refractivity contribution in [3.8, 4) is 6.07 Å². The number of nitriles is 1. The highest BCUT2D eigenvalue weighted by Gasteiger charge is 2.38. The second kappa shape index (κ2) is 12.4. The molecule has 194 valence electrons. The second-order valence-electron chi connectivity index (χ2n) is 8.98. The number of carbonyl (C=O) groups is 1. The van der Waals surface area contributed by atoms with Gasteiger partial charge in [-0.1, -0.05) is 35.9 Å². The van der Waals surface area contributed by atoms with E-state index in [9.17, 15) is 18.4 Å². The number of nitrogens with zero attached hydrogens (tertiary/aromatic N) is 3. The molecule has 36 heavy (non-hydrogen) atoms. The van der Waals surface area contributed by atoms with Crippen LogP contribution in [0.3, 0.4) is 0 Å². The smallest absolute Gasteiger partial charge is 0.475 e. The van der Waals surface area contributed by atoms with E-state index < -0.39 is 12.1 Å². The first-order valence-corrected chi connectivity index (χ1v) is 12.1. The molecule has 0 saturated carbocycles. The molecule has 0 amide bonds. The Bertz CT molecular complexity index is 1050. The number of hydrogen-bond acceptors (Lipinski definition) is 5. The molecule has 2 aromatic carbocycles. The number of para-hydroxylation sites is 1. The Morgan fingerprint density at radius 1 is 1.17 bits per heavy atom. The van der Waals surface area contributed by atoms with Crippen LogP contribution in [-0.2, 0) is 16.0 Å². The third-order valence-corrected chi connectivity index (χ3v) is 6.69. The van der Waals surface area contributed by atoms with Gasteiger partial charge in [0.15, 0.2) is 0 Å². The van der Waals surface area contributed by atoms with E-state index in [1.165, 1.54) is 5.56 Å². The normalized spacial score (nSPS) is 21.3. The van der Waals surface area contributed by atoms with Gasteiger partial charge in [-0.05, 0) is 56.0 Å². The lowest BCUT2D eigenvalue weighted by molar-refractivity contribution is -0.192. The number of rotatable bonds is 4. The average Bonchev–Trinajstić information content (AvgIpc) is 2.86. The first-order valence-electron chi connectivity index (χ1n) is 11.7. The maximum absolute atomic E-state index is 10.6. The average molecular weight is 524 g/mol. The zero-order chi connectivity index (χ0) is 26.3. The quantitative estimate of drug-likeness (QED) is 0.597. The summed E-state index contributed by atoms with van der Waals surface area (Å²) in [5.41, 5.74) is 3.15. The van der Waals surface area contributed by atoms with E-state index in [0.29, 0.717) is 12.1 Å². The van der Waals surface area contributed by atoms with Crippen LogP contribution in [0.1, 0.15) is 30.9 Å². The summed E-state index contributed by atoms with van der Waals surface area (Å²) in [6.45, 7) is 5.91. The van der Waals surface area contributed by atoms with Crippen LogP contribution >= 0.6 is 11.6 Å². The summed E-state index contributed by atoms with van der Waals surface area (Å²) in [6, 6.07) is 19.4. The van der Waals surface area contributed by atoms with Crippen LogP contribution in [0.2, 0.25) is 5.02 Å². The highest BCUT2D eigenvalue weighted by atomic mass is 35.5. The zero-order valence-corrected chi connectivity index (χ0v) is 20.7. The molecular weight excluding hydrogens is 495 g/mol. The standard InChI is InChI=1S/C24H28ClN3O.C2HF3O2/c1-18-16-28(23(17-29-18)14-19-6-8-21(25)9-7-19)22-10-12-27(13-11-22)24-5-3-2-4-20(24)15-26;3-2(4,5)1(6)7/h2-9,18,22-23H,10-14,16-17H2,1H3;(H,6,7)/t18-,23-;/m0./s1. The highest BCUT2D eigenvalue weighted by Crippen LogP contribution is 2.29. The maximum atomic E-state index is 10.6. The summed E-state index contributed by atoms with van der Waals surface area (Å²) in [7, 11) is 0. The fourth-order valence-corrected chi connectivity index (χ4v) is 4.79. The van der Waals surface area contributed by atoms with Crippen LogP contribution in [0.25, 0.3) is 0 Å². The monoisotopic (exact) mass is 523 g/mol. The first-order chi connectivity index (χ1) is 17.1. The number of halogens is 4. The van der Waals surface area contributed by atoms with Gasteiger partial charge >= 0.3 is 12.1 Å². The summed E-state index contributed by atoms with van der Waals surface area (Å²) in [4.78, 5) is 13.9. The lowest BCUT2D eigenvalue weighted by Gasteiger charge is -2.46. The molecular formula is C26H29ClF3N3O3. The fraction of sp³-hybridized carbons (Fsp3) is 0.462. The summed E-state index contributed by atoms with van der Waals surface area (Å²) < 4.78 is 37.8. The summed E-state index contributed by atoms with van der Waals surface area (Å²) >= 11 is 6.05. The summed E-state index contributed by atoms with van der Waals surface area (Å²) in [6.07, 6.45) is -1.59. The molecule has 0 spiro atoms. The lowest BCUT2D eigenvalue weighted by Crippen LogP contribution is -2.56. The van der Waals surface area contributed by atoms with Crippen molar-refractivity contribution in [1.82, 2.24) is 4.90 Å². The Kier molecular flexibility index (Phi) is 9.60. The van der Waals surface area contributed by atoms with Gasteiger partial charge in [-0.3, -0.25) is 4.90 Å². The predicted octanol–water partition coefficient (Wildman–Crippen LogP) is 5.15. The van der Waals surface area contributed by atoms with Crippen molar-refractivity contribution in [2.75, 3.05) is 31.1 Å². The van der Waals surface area contributed by atoms with Crippen molar-refractivity contribution in [3.05, 3.63) is 64.7 Å². The number of hydrogen-bond donors (Lipinski definition) is 1. The van der Waals surface area contributed by atoms with Gasteiger partial charge in [-0.25, -0.2) is 4.79 Å². The number of ether oxygens (including phenoxy) is 1. The van der Waals surface area contributed by atoms with Gasteiger partial charge in [-0.2, -0.15) is 18.4 Å². The largest absolute Gasteiger partial charge is 0.490 e. The van der Waals surface area contributed by atoms with Crippen LogP contribution < -0.4 is 4.90 Å². The van der Waals surface area contributed by atoms with Crippen molar-refractivity contribution < 1.29 is 27.8 Å². The number of alkyl halides is 3. The van der Waals surface area contributed by atoms with Gasteiger partial charge in [0.25, 0.3) is 0 Å². The molecule has 0 aliphatic carbocycles. The van der Waals surface area contributed by atoms with E-state index in [4.69, 9.17) is 26.2 Å². The Labute approximate surface area is 213 Å². The molecule has 6 nitrogen and oxygen atoms in total. The van der Waals surface area contributed by atoms with E-state index in [-0.39, 0.29) is 6.10 Å². The van der Waals surface area contributed by atoms with E-state index in [2.05, 4.69) is 41.0 Å². The van der Waals surface area contributed by atoms with Crippen molar-refractivity contribution in [2.24, 2.45) is 0 Å². The predicted molar refractivity (Wildman–Crippen MR) is 131 cm³/mol. The molecule has 0 aromatic heterocycles. The molecule has 2 aliphatic heterocycles. The van der Waals surface area contributed by atoms with Gasteiger partial charge in [0.1, 0.15) is 6.07 Å². The van der Waals surface area contributed by atoms with Crippen LogP contribution in [0.15, 0.2) is 48.5 Å². The molecule has 2 aromatic rings. The molecule has 2 saturated heterocycles. The molecule has 2 aliphatic rings. The van der Waals surface area contributed by atoms with Crippen molar-refractivity contribution in [1.29, 1.82) is 5.26 Å². The number of piperidine rings is 1. The Hall–Kier alpha value is -2.80. The molecule has 0 bridgehead atoms. The van der Waals surface area contributed by atoms with Gasteiger partial charge in [0, 0.05) is 36.7 Å². The van der Waals surface area contributed by atoms with Gasteiger partial charge in [0.05, 0.1) is 24.0 Å². The molecule has 2 fully saturated rings. The van der Waals surface area contributed by atoms with Crippen LogP contribution in [0.4, 0.5) is 18.9 Å².